The van der Waals surface area contributed by atoms with Crippen LogP contribution in [0.4, 0.5) is 0 Å². The first kappa shape index (κ1) is 22.6. The minimum atomic E-state index is -2.73. The van der Waals surface area contributed by atoms with Gasteiger partial charge in [-0.2, -0.15) is 0 Å². The van der Waals surface area contributed by atoms with Crippen molar-refractivity contribution < 1.29 is 8.85 Å². The Bertz CT molecular complexity index is 628. The van der Waals surface area contributed by atoms with Crippen LogP contribution in [0, 0.1) is 5.92 Å². The van der Waals surface area contributed by atoms with Gasteiger partial charge in [0.05, 0.1) is 0 Å². The van der Waals surface area contributed by atoms with E-state index in [0.717, 1.165) is 12.8 Å². The van der Waals surface area contributed by atoms with Gasteiger partial charge in [0.1, 0.15) is 0 Å². The summed E-state index contributed by atoms with van der Waals surface area (Å²) in [6.45, 7) is 8.00. The maximum atomic E-state index is 6.65. The fourth-order valence-electron chi connectivity index (χ4n) is 3.16. The fraction of sp³-hybridized carbons (Fsp3) is 0.440. The molecule has 0 fully saturated rings. The summed E-state index contributed by atoms with van der Waals surface area (Å²) in [6, 6.07) is 21.0. The lowest BCUT2D eigenvalue weighted by Gasteiger charge is -2.32. The number of unbranched alkanes of at least 4 members (excludes halogenated alkanes) is 3. The summed E-state index contributed by atoms with van der Waals surface area (Å²) in [4.78, 5) is 0. The van der Waals surface area contributed by atoms with E-state index in [1.54, 1.807) is 0 Å². The van der Waals surface area contributed by atoms with Crippen molar-refractivity contribution in [1.82, 2.24) is 0 Å². The first-order valence-corrected chi connectivity index (χ1v) is 12.5. The zero-order valence-corrected chi connectivity index (χ0v) is 18.8. The van der Waals surface area contributed by atoms with Crippen molar-refractivity contribution in [2.24, 2.45) is 5.92 Å². The molecule has 0 aromatic heterocycles. The van der Waals surface area contributed by atoms with Gasteiger partial charge < -0.3 is 8.85 Å². The molecular weight excluding hydrogens is 360 g/mol. The lowest BCUT2D eigenvalue weighted by atomic mass is 10.2. The van der Waals surface area contributed by atoms with Crippen molar-refractivity contribution in [2.45, 2.75) is 52.9 Å². The monoisotopic (exact) mass is 396 g/mol. The number of hydrogen-bond donors (Lipinski definition) is 0. The van der Waals surface area contributed by atoms with E-state index in [2.05, 4.69) is 93.6 Å². The largest absolute Gasteiger partial charge is 0.407 e. The predicted molar refractivity (Wildman–Crippen MR) is 123 cm³/mol. The normalized spacial score (nSPS) is 12.1. The number of allylic oxidation sites excluding steroid dienone is 1. The quantitative estimate of drug-likeness (QED) is 0.254. The SMILES string of the molecule is CCCCC/C=C/CCO[Si](OCC(C)C)(c1ccccc1)c1ccccc1. The van der Waals surface area contributed by atoms with Crippen LogP contribution in [-0.2, 0) is 8.85 Å². The second-order valence-corrected chi connectivity index (χ2v) is 10.6. The minimum Gasteiger partial charge on any atom is -0.387 e. The van der Waals surface area contributed by atoms with E-state index in [4.69, 9.17) is 8.85 Å². The molecule has 152 valence electrons. The molecule has 0 atom stereocenters. The van der Waals surface area contributed by atoms with Crippen LogP contribution >= 0.6 is 0 Å². The summed E-state index contributed by atoms with van der Waals surface area (Å²) in [5.74, 6) is 0.460. The Balaban J connectivity index is 2.17. The molecule has 0 saturated heterocycles. The van der Waals surface area contributed by atoms with Crippen LogP contribution in [0.25, 0.3) is 0 Å². The van der Waals surface area contributed by atoms with Crippen LogP contribution < -0.4 is 10.4 Å². The smallest absolute Gasteiger partial charge is 0.387 e. The molecule has 2 aromatic carbocycles. The third-order valence-corrected chi connectivity index (χ3v) is 8.03. The predicted octanol–water partition coefficient (Wildman–Crippen LogP) is 5.46. The first-order valence-electron chi connectivity index (χ1n) is 10.7. The maximum absolute atomic E-state index is 6.65. The lowest BCUT2D eigenvalue weighted by Crippen LogP contribution is -2.63. The topological polar surface area (TPSA) is 18.5 Å². The third kappa shape index (κ3) is 7.05. The average Bonchev–Trinajstić information content (AvgIpc) is 2.73. The highest BCUT2D eigenvalue weighted by molar-refractivity contribution is 6.92. The van der Waals surface area contributed by atoms with Crippen LogP contribution in [0.3, 0.4) is 0 Å². The minimum absolute atomic E-state index is 0.460. The summed E-state index contributed by atoms with van der Waals surface area (Å²) in [6.07, 6.45) is 10.5. The molecule has 0 N–H and O–H groups in total. The Morgan fingerprint density at radius 3 is 1.89 bits per heavy atom. The van der Waals surface area contributed by atoms with Crippen molar-refractivity contribution in [3.05, 3.63) is 72.8 Å². The van der Waals surface area contributed by atoms with Gasteiger partial charge in [0, 0.05) is 13.2 Å². The molecule has 0 bridgehead atoms. The Hall–Kier alpha value is -1.68. The molecule has 0 spiro atoms. The number of hydrogen-bond acceptors (Lipinski definition) is 2. The Labute approximate surface area is 172 Å². The molecule has 2 aromatic rings. The highest BCUT2D eigenvalue weighted by Gasteiger charge is 2.42. The van der Waals surface area contributed by atoms with Crippen molar-refractivity contribution in [3.63, 3.8) is 0 Å². The molecule has 0 heterocycles. The fourth-order valence-corrected chi connectivity index (χ4v) is 6.48. The van der Waals surface area contributed by atoms with E-state index in [0.29, 0.717) is 19.1 Å². The highest BCUT2D eigenvalue weighted by atomic mass is 28.4. The Morgan fingerprint density at radius 2 is 1.36 bits per heavy atom. The highest BCUT2D eigenvalue weighted by Crippen LogP contribution is 2.13. The third-order valence-electron chi connectivity index (χ3n) is 4.66. The van der Waals surface area contributed by atoms with Crippen molar-refractivity contribution in [2.75, 3.05) is 13.2 Å². The van der Waals surface area contributed by atoms with Gasteiger partial charge in [-0.25, -0.2) is 0 Å². The van der Waals surface area contributed by atoms with E-state index < -0.39 is 8.56 Å². The summed E-state index contributed by atoms with van der Waals surface area (Å²) in [5.41, 5.74) is 0. The van der Waals surface area contributed by atoms with Crippen LogP contribution in [0.15, 0.2) is 72.8 Å². The van der Waals surface area contributed by atoms with Crippen LogP contribution in [0.1, 0.15) is 52.9 Å². The van der Waals surface area contributed by atoms with Gasteiger partial charge in [0.15, 0.2) is 0 Å². The first-order chi connectivity index (χ1) is 13.7. The van der Waals surface area contributed by atoms with Crippen LogP contribution in [0.2, 0.25) is 0 Å². The molecule has 0 unspecified atom stereocenters. The van der Waals surface area contributed by atoms with Gasteiger partial charge >= 0.3 is 8.56 Å². The lowest BCUT2D eigenvalue weighted by molar-refractivity contribution is 0.175. The summed E-state index contributed by atoms with van der Waals surface area (Å²) in [5, 5.41) is 2.35. The maximum Gasteiger partial charge on any atom is 0.407 e. The van der Waals surface area contributed by atoms with Gasteiger partial charge in [-0.3, -0.25) is 0 Å². The van der Waals surface area contributed by atoms with Crippen LogP contribution in [-0.4, -0.2) is 21.8 Å². The van der Waals surface area contributed by atoms with E-state index in [-0.39, 0.29) is 0 Å². The molecule has 0 radical (unpaired) electrons. The van der Waals surface area contributed by atoms with Crippen LogP contribution in [0.5, 0.6) is 0 Å². The van der Waals surface area contributed by atoms with Crippen molar-refractivity contribution in [3.8, 4) is 0 Å². The van der Waals surface area contributed by atoms with Crippen molar-refractivity contribution >= 4 is 18.9 Å². The summed E-state index contributed by atoms with van der Waals surface area (Å²) < 4.78 is 13.3. The average molecular weight is 397 g/mol. The molecule has 0 amide bonds. The van der Waals surface area contributed by atoms with Gasteiger partial charge in [0.25, 0.3) is 0 Å². The van der Waals surface area contributed by atoms with Crippen molar-refractivity contribution in [1.29, 1.82) is 0 Å². The van der Waals surface area contributed by atoms with E-state index >= 15 is 0 Å². The summed E-state index contributed by atoms with van der Waals surface area (Å²) >= 11 is 0. The second-order valence-electron chi connectivity index (χ2n) is 7.66. The summed E-state index contributed by atoms with van der Waals surface area (Å²) in [7, 11) is -2.73. The Morgan fingerprint density at radius 1 is 0.786 bits per heavy atom. The van der Waals surface area contributed by atoms with Gasteiger partial charge in [-0.05, 0) is 35.6 Å². The molecule has 3 heteroatoms. The van der Waals surface area contributed by atoms with E-state index in [1.165, 1.54) is 29.6 Å². The van der Waals surface area contributed by atoms with Gasteiger partial charge in [-0.1, -0.05) is 106 Å². The zero-order chi connectivity index (χ0) is 20.1. The zero-order valence-electron chi connectivity index (χ0n) is 17.8. The van der Waals surface area contributed by atoms with E-state index in [1.807, 2.05) is 0 Å². The van der Waals surface area contributed by atoms with Gasteiger partial charge in [0.2, 0.25) is 0 Å². The molecule has 0 aliphatic rings. The molecule has 0 aliphatic carbocycles. The molecular formula is C25H36O2Si. The molecule has 0 saturated carbocycles. The molecule has 2 rings (SSSR count). The molecule has 0 aliphatic heterocycles. The number of rotatable bonds is 13. The second kappa shape index (κ2) is 12.7. The molecule has 28 heavy (non-hydrogen) atoms. The Kier molecular flexibility index (Phi) is 10.3. The van der Waals surface area contributed by atoms with E-state index in [9.17, 15) is 0 Å². The van der Waals surface area contributed by atoms with Gasteiger partial charge in [-0.15, -0.1) is 0 Å². The standard InChI is InChI=1S/C25H36O2Si/c1-4-5-6-7-8-9-16-21-26-28(27-22-23(2)3,24-17-12-10-13-18-24)25-19-14-11-15-20-25/h8-15,17-20,23H,4-7,16,21-22H2,1-3H3/b9-8+. The number of benzene rings is 2. The molecule has 2 nitrogen and oxygen atoms in total.